The molecule has 1 heterocycles. The van der Waals surface area contributed by atoms with E-state index >= 15 is 0 Å². The summed E-state index contributed by atoms with van der Waals surface area (Å²) in [5, 5.41) is 3.51. The molecule has 0 bridgehead atoms. The van der Waals surface area contributed by atoms with E-state index in [0.717, 1.165) is 42.0 Å². The maximum Gasteiger partial charge on any atom is 0.251 e. The minimum atomic E-state index is -0.169. The number of benzene rings is 3. The van der Waals surface area contributed by atoms with Gasteiger partial charge < -0.3 is 14.6 Å². The molecule has 3 aromatic carbocycles. The molecule has 1 N–H and O–H groups in total. The van der Waals surface area contributed by atoms with Crippen molar-refractivity contribution in [1.29, 1.82) is 0 Å². The van der Waals surface area contributed by atoms with Gasteiger partial charge in [-0.3, -0.25) is 4.79 Å². The first kappa shape index (κ1) is 22.9. The Bertz CT molecular complexity index is 1270. The van der Waals surface area contributed by atoms with Gasteiger partial charge in [0.2, 0.25) is 0 Å². The number of para-hydroxylation sites is 2. The highest BCUT2D eigenvalue weighted by molar-refractivity contribution is 6.30. The molecular formula is C27H28ClN3O2. The van der Waals surface area contributed by atoms with Gasteiger partial charge in [0.25, 0.3) is 5.91 Å². The zero-order valence-corrected chi connectivity index (χ0v) is 19.7. The summed E-state index contributed by atoms with van der Waals surface area (Å²) in [6, 6.07) is 21.2. The van der Waals surface area contributed by atoms with Crippen LogP contribution in [0.4, 0.5) is 0 Å². The minimum Gasteiger partial charge on any atom is -0.494 e. The number of aromatic nitrogens is 2. The highest BCUT2D eigenvalue weighted by Gasteiger charge is 2.12. The van der Waals surface area contributed by atoms with Crippen LogP contribution in [0.5, 0.6) is 5.75 Å². The summed E-state index contributed by atoms with van der Waals surface area (Å²) in [6.45, 7) is 6.01. The Labute approximate surface area is 199 Å². The third kappa shape index (κ3) is 5.74. The second-order valence-electron chi connectivity index (χ2n) is 8.16. The van der Waals surface area contributed by atoms with Crippen LogP contribution in [0.25, 0.3) is 11.0 Å². The Hall–Kier alpha value is -3.31. The van der Waals surface area contributed by atoms with Crippen molar-refractivity contribution in [2.24, 2.45) is 0 Å². The molecule has 33 heavy (non-hydrogen) atoms. The van der Waals surface area contributed by atoms with Gasteiger partial charge >= 0.3 is 0 Å². The molecule has 6 heteroatoms. The second-order valence-corrected chi connectivity index (χ2v) is 8.60. The summed E-state index contributed by atoms with van der Waals surface area (Å²) in [4.78, 5) is 17.3. The lowest BCUT2D eigenvalue weighted by molar-refractivity contribution is 0.0949. The Morgan fingerprint density at radius 1 is 1.00 bits per heavy atom. The van der Waals surface area contributed by atoms with E-state index in [-0.39, 0.29) is 5.91 Å². The number of imidazole rings is 1. The second kappa shape index (κ2) is 10.5. The van der Waals surface area contributed by atoms with Crippen LogP contribution in [0.15, 0.2) is 66.7 Å². The lowest BCUT2D eigenvalue weighted by Crippen LogP contribution is -2.24. The Morgan fingerprint density at radius 2 is 1.85 bits per heavy atom. The van der Waals surface area contributed by atoms with Crippen molar-refractivity contribution < 1.29 is 9.53 Å². The number of nitrogens with zero attached hydrogens (tertiary/aromatic N) is 2. The van der Waals surface area contributed by atoms with Crippen LogP contribution in [-0.2, 0) is 13.1 Å². The van der Waals surface area contributed by atoms with Crippen LogP contribution < -0.4 is 10.1 Å². The SMILES string of the molecule is Cc1ccc(OCCCCn2c(CNC(=O)c3cccc(Cl)c3)nc3ccccc32)cc1C. The number of rotatable bonds is 9. The number of ether oxygens (including phenoxy) is 1. The highest BCUT2D eigenvalue weighted by atomic mass is 35.5. The minimum absolute atomic E-state index is 0.169. The molecule has 0 fully saturated rings. The van der Waals surface area contributed by atoms with Gasteiger partial charge in [-0.1, -0.05) is 35.9 Å². The van der Waals surface area contributed by atoms with Crippen molar-refractivity contribution in [3.8, 4) is 5.75 Å². The molecule has 0 saturated carbocycles. The monoisotopic (exact) mass is 461 g/mol. The van der Waals surface area contributed by atoms with Crippen molar-refractivity contribution in [3.05, 3.63) is 94.3 Å². The lowest BCUT2D eigenvalue weighted by atomic mass is 10.1. The van der Waals surface area contributed by atoms with Gasteiger partial charge in [0.1, 0.15) is 11.6 Å². The Balaban J connectivity index is 1.37. The maximum atomic E-state index is 12.6. The van der Waals surface area contributed by atoms with Crippen LogP contribution in [0.2, 0.25) is 5.02 Å². The van der Waals surface area contributed by atoms with E-state index in [2.05, 4.69) is 41.9 Å². The van der Waals surface area contributed by atoms with Gasteiger partial charge in [0, 0.05) is 17.1 Å². The number of nitrogens with one attached hydrogen (secondary N) is 1. The van der Waals surface area contributed by atoms with Crippen LogP contribution in [0, 0.1) is 13.8 Å². The molecule has 0 atom stereocenters. The van der Waals surface area contributed by atoms with E-state index in [9.17, 15) is 4.79 Å². The molecule has 0 saturated heterocycles. The normalized spacial score (nSPS) is 11.0. The fourth-order valence-electron chi connectivity index (χ4n) is 3.77. The van der Waals surface area contributed by atoms with Gasteiger partial charge in [-0.2, -0.15) is 0 Å². The first-order valence-corrected chi connectivity index (χ1v) is 11.6. The third-order valence-corrected chi connectivity index (χ3v) is 5.99. The largest absolute Gasteiger partial charge is 0.494 e. The summed E-state index contributed by atoms with van der Waals surface area (Å²) < 4.78 is 8.11. The highest BCUT2D eigenvalue weighted by Crippen LogP contribution is 2.19. The molecule has 1 aromatic heterocycles. The fourth-order valence-corrected chi connectivity index (χ4v) is 3.96. The van der Waals surface area contributed by atoms with E-state index in [1.807, 2.05) is 24.3 Å². The summed E-state index contributed by atoms with van der Waals surface area (Å²) in [5.74, 6) is 1.58. The molecule has 1 amide bonds. The maximum absolute atomic E-state index is 12.6. The molecule has 0 spiro atoms. The summed E-state index contributed by atoms with van der Waals surface area (Å²) in [6.07, 6.45) is 1.87. The number of halogens is 1. The van der Waals surface area contributed by atoms with E-state index in [4.69, 9.17) is 21.3 Å². The first-order valence-electron chi connectivity index (χ1n) is 11.2. The topological polar surface area (TPSA) is 56.1 Å². The zero-order chi connectivity index (χ0) is 23.2. The predicted molar refractivity (Wildman–Crippen MR) is 133 cm³/mol. The Kier molecular flexibility index (Phi) is 7.30. The van der Waals surface area contributed by atoms with Gasteiger partial charge in [0.05, 0.1) is 24.2 Å². The van der Waals surface area contributed by atoms with Crippen LogP contribution in [-0.4, -0.2) is 22.1 Å². The van der Waals surface area contributed by atoms with Crippen LogP contribution in [0.3, 0.4) is 0 Å². The average Bonchev–Trinajstić information content (AvgIpc) is 3.17. The van der Waals surface area contributed by atoms with Crippen molar-refractivity contribution >= 4 is 28.5 Å². The van der Waals surface area contributed by atoms with Crippen molar-refractivity contribution in [3.63, 3.8) is 0 Å². The molecule has 4 aromatic rings. The average molecular weight is 462 g/mol. The third-order valence-electron chi connectivity index (χ3n) is 5.75. The van der Waals surface area contributed by atoms with Crippen molar-refractivity contribution in [1.82, 2.24) is 14.9 Å². The molecule has 0 aliphatic heterocycles. The fraction of sp³-hybridized carbons (Fsp3) is 0.259. The molecule has 0 aliphatic carbocycles. The van der Waals surface area contributed by atoms with Crippen molar-refractivity contribution in [2.75, 3.05) is 6.61 Å². The molecule has 170 valence electrons. The zero-order valence-electron chi connectivity index (χ0n) is 19.0. The number of fused-ring (bicyclic) bond motifs is 1. The van der Waals surface area contributed by atoms with E-state index in [1.54, 1.807) is 24.3 Å². The number of unbranched alkanes of at least 4 members (excludes halogenated alkanes) is 1. The van der Waals surface area contributed by atoms with Gasteiger partial charge in [-0.05, 0) is 80.3 Å². The number of amides is 1. The number of carbonyl (C=O) groups excluding carboxylic acids is 1. The summed E-state index contributed by atoms with van der Waals surface area (Å²) >= 11 is 6.01. The Morgan fingerprint density at radius 3 is 2.67 bits per heavy atom. The van der Waals surface area contributed by atoms with Crippen LogP contribution >= 0.6 is 11.6 Å². The van der Waals surface area contributed by atoms with Crippen molar-refractivity contribution in [2.45, 2.75) is 39.8 Å². The molecular weight excluding hydrogens is 434 g/mol. The lowest BCUT2D eigenvalue weighted by Gasteiger charge is -2.11. The summed E-state index contributed by atoms with van der Waals surface area (Å²) in [5.41, 5.74) is 5.04. The molecule has 4 rings (SSSR count). The predicted octanol–water partition coefficient (Wildman–Crippen LogP) is 6.10. The molecule has 0 unspecified atom stereocenters. The van der Waals surface area contributed by atoms with Crippen LogP contribution in [0.1, 0.15) is 40.2 Å². The quantitative estimate of drug-likeness (QED) is 0.306. The molecule has 0 aliphatic rings. The molecule has 5 nitrogen and oxygen atoms in total. The van der Waals surface area contributed by atoms with Gasteiger partial charge in [-0.25, -0.2) is 4.98 Å². The summed E-state index contributed by atoms with van der Waals surface area (Å²) in [7, 11) is 0. The standard InChI is InChI=1S/C27H28ClN3O2/c1-19-12-13-23(16-20(19)2)33-15-6-5-14-31-25-11-4-3-10-24(25)30-26(31)18-29-27(32)21-8-7-9-22(28)17-21/h3-4,7-13,16-17H,5-6,14-15,18H2,1-2H3,(H,29,32). The number of hydrogen-bond acceptors (Lipinski definition) is 3. The van der Waals surface area contributed by atoms with E-state index in [1.165, 1.54) is 11.1 Å². The first-order chi connectivity index (χ1) is 16.0. The number of hydrogen-bond donors (Lipinski definition) is 1. The van der Waals surface area contributed by atoms with Gasteiger partial charge in [-0.15, -0.1) is 0 Å². The number of carbonyl (C=O) groups is 1. The van der Waals surface area contributed by atoms with E-state index in [0.29, 0.717) is 23.7 Å². The smallest absolute Gasteiger partial charge is 0.251 e. The van der Waals surface area contributed by atoms with Gasteiger partial charge in [0.15, 0.2) is 0 Å². The molecule has 0 radical (unpaired) electrons. The van der Waals surface area contributed by atoms with E-state index < -0.39 is 0 Å². The number of aryl methyl sites for hydroxylation is 3.